The summed E-state index contributed by atoms with van der Waals surface area (Å²) >= 11 is 0. The number of ether oxygens (including phenoxy) is 1. The summed E-state index contributed by atoms with van der Waals surface area (Å²) in [4.78, 5) is 35.0. The van der Waals surface area contributed by atoms with Gasteiger partial charge in [0.25, 0.3) is 5.91 Å². The molecular formula is C21H22N4O4. The number of hydrogen-bond donors (Lipinski definition) is 1. The Bertz CT molecular complexity index is 1060. The van der Waals surface area contributed by atoms with Gasteiger partial charge in [-0.15, -0.1) is 0 Å². The van der Waals surface area contributed by atoms with E-state index in [1.807, 2.05) is 12.1 Å². The fraction of sp³-hybridized carbons (Fsp3) is 0.333. The van der Waals surface area contributed by atoms with E-state index in [2.05, 4.69) is 20.2 Å². The van der Waals surface area contributed by atoms with E-state index in [-0.39, 0.29) is 18.7 Å². The molecular weight excluding hydrogens is 372 g/mol. The van der Waals surface area contributed by atoms with Gasteiger partial charge in [-0.1, -0.05) is 18.2 Å². The van der Waals surface area contributed by atoms with Gasteiger partial charge in [-0.2, -0.15) is 0 Å². The van der Waals surface area contributed by atoms with Crippen LogP contribution in [-0.4, -0.2) is 42.1 Å². The zero-order chi connectivity index (χ0) is 20.1. The van der Waals surface area contributed by atoms with Gasteiger partial charge >= 0.3 is 5.63 Å². The molecule has 8 nitrogen and oxygen atoms in total. The van der Waals surface area contributed by atoms with Crippen LogP contribution in [0, 0.1) is 0 Å². The lowest BCUT2D eigenvalue weighted by molar-refractivity contribution is 0.0943. The first-order chi connectivity index (χ1) is 14.2. The summed E-state index contributed by atoms with van der Waals surface area (Å²) in [5.41, 5.74) is -0.243. The van der Waals surface area contributed by atoms with Crippen molar-refractivity contribution in [2.24, 2.45) is 0 Å². The van der Waals surface area contributed by atoms with Crippen LogP contribution in [0.1, 0.15) is 29.6 Å². The van der Waals surface area contributed by atoms with Crippen LogP contribution in [-0.2, 0) is 0 Å². The van der Waals surface area contributed by atoms with Crippen LogP contribution in [0.25, 0.3) is 11.0 Å². The maximum absolute atomic E-state index is 12.3. The summed E-state index contributed by atoms with van der Waals surface area (Å²) in [5.74, 6) is 0.817. The molecule has 0 unspecified atom stereocenters. The summed E-state index contributed by atoms with van der Waals surface area (Å²) in [6.07, 6.45) is 5.06. The van der Waals surface area contributed by atoms with Crippen molar-refractivity contribution in [1.82, 2.24) is 15.3 Å². The number of anilines is 1. The molecule has 1 aliphatic heterocycles. The van der Waals surface area contributed by atoms with Crippen molar-refractivity contribution in [2.45, 2.75) is 19.3 Å². The van der Waals surface area contributed by atoms with Crippen molar-refractivity contribution in [3.05, 3.63) is 58.7 Å². The third-order valence-corrected chi connectivity index (χ3v) is 4.83. The van der Waals surface area contributed by atoms with Gasteiger partial charge in [0.05, 0.1) is 6.54 Å². The standard InChI is InChI=1S/C21H22N4O4/c26-20(16-12-15-6-2-3-7-17(15)29-21(16)27)22-8-11-28-19-13-18(23-14-24-19)25-9-4-1-5-10-25/h2-3,6-7,12-14H,1,4-5,8-11H2,(H,22,26). The molecule has 1 N–H and O–H groups in total. The maximum atomic E-state index is 12.3. The Morgan fingerprint density at radius 2 is 1.97 bits per heavy atom. The molecule has 1 fully saturated rings. The topological polar surface area (TPSA) is 97.6 Å². The van der Waals surface area contributed by atoms with E-state index in [0.717, 1.165) is 31.7 Å². The second kappa shape index (κ2) is 8.72. The van der Waals surface area contributed by atoms with E-state index < -0.39 is 11.5 Å². The highest BCUT2D eigenvalue weighted by Crippen LogP contribution is 2.20. The molecule has 1 aliphatic rings. The first-order valence-corrected chi connectivity index (χ1v) is 9.71. The summed E-state index contributed by atoms with van der Waals surface area (Å²) in [7, 11) is 0. The number of carbonyl (C=O) groups excluding carboxylic acids is 1. The smallest absolute Gasteiger partial charge is 0.349 e. The van der Waals surface area contributed by atoms with Gasteiger partial charge in [0.1, 0.15) is 29.9 Å². The molecule has 150 valence electrons. The zero-order valence-corrected chi connectivity index (χ0v) is 16.0. The Labute approximate surface area is 167 Å². The van der Waals surface area contributed by atoms with Crippen LogP contribution >= 0.6 is 0 Å². The van der Waals surface area contributed by atoms with Gasteiger partial charge in [-0.25, -0.2) is 14.8 Å². The van der Waals surface area contributed by atoms with Crippen LogP contribution in [0.4, 0.5) is 5.82 Å². The maximum Gasteiger partial charge on any atom is 0.349 e. The number of carbonyl (C=O) groups is 1. The predicted molar refractivity (Wildman–Crippen MR) is 108 cm³/mol. The van der Waals surface area contributed by atoms with Gasteiger partial charge in [-0.05, 0) is 31.4 Å². The summed E-state index contributed by atoms with van der Waals surface area (Å²) in [6.45, 7) is 2.43. The molecule has 4 rings (SSSR count). The largest absolute Gasteiger partial charge is 0.476 e. The van der Waals surface area contributed by atoms with Crippen LogP contribution in [0.5, 0.6) is 5.88 Å². The van der Waals surface area contributed by atoms with Gasteiger partial charge in [0, 0.05) is 24.5 Å². The average molecular weight is 394 g/mol. The average Bonchev–Trinajstić information content (AvgIpc) is 2.77. The minimum Gasteiger partial charge on any atom is -0.476 e. The lowest BCUT2D eigenvalue weighted by Gasteiger charge is -2.27. The van der Waals surface area contributed by atoms with Crippen molar-refractivity contribution in [1.29, 1.82) is 0 Å². The van der Waals surface area contributed by atoms with Crippen molar-refractivity contribution >= 4 is 22.7 Å². The number of amides is 1. The molecule has 1 aromatic carbocycles. The zero-order valence-electron chi connectivity index (χ0n) is 16.0. The number of benzene rings is 1. The van der Waals surface area contributed by atoms with E-state index in [4.69, 9.17) is 9.15 Å². The monoisotopic (exact) mass is 394 g/mol. The van der Waals surface area contributed by atoms with Crippen molar-refractivity contribution in [3.8, 4) is 5.88 Å². The van der Waals surface area contributed by atoms with E-state index in [9.17, 15) is 9.59 Å². The minimum absolute atomic E-state index is 0.0295. The van der Waals surface area contributed by atoms with Crippen LogP contribution in [0.2, 0.25) is 0 Å². The van der Waals surface area contributed by atoms with Crippen LogP contribution in [0.15, 0.2) is 51.9 Å². The Hall–Kier alpha value is -3.42. The van der Waals surface area contributed by atoms with Gasteiger partial charge in [0.2, 0.25) is 5.88 Å². The highest BCUT2D eigenvalue weighted by Gasteiger charge is 2.14. The SMILES string of the molecule is O=C(NCCOc1cc(N2CCCCC2)ncn1)c1cc2ccccc2oc1=O. The minimum atomic E-state index is -0.663. The number of hydrogen-bond acceptors (Lipinski definition) is 7. The van der Waals surface area contributed by atoms with Crippen LogP contribution < -0.4 is 20.6 Å². The molecule has 3 heterocycles. The van der Waals surface area contributed by atoms with Crippen LogP contribution in [0.3, 0.4) is 0 Å². The molecule has 3 aromatic rings. The second-order valence-corrected chi connectivity index (χ2v) is 6.85. The molecule has 0 saturated carbocycles. The Kier molecular flexibility index (Phi) is 5.69. The lowest BCUT2D eigenvalue weighted by atomic mass is 10.1. The highest BCUT2D eigenvalue weighted by molar-refractivity contribution is 5.96. The molecule has 2 aromatic heterocycles. The fourth-order valence-electron chi connectivity index (χ4n) is 3.34. The van der Waals surface area contributed by atoms with Crippen molar-refractivity contribution < 1.29 is 13.9 Å². The van der Waals surface area contributed by atoms with Gasteiger partial charge in [0.15, 0.2) is 0 Å². The Balaban J connectivity index is 1.32. The number of rotatable bonds is 6. The van der Waals surface area contributed by atoms with Gasteiger partial charge in [-0.3, -0.25) is 4.79 Å². The summed E-state index contributed by atoms with van der Waals surface area (Å²) in [6, 6.07) is 10.4. The number of nitrogens with zero attached hydrogens (tertiary/aromatic N) is 3. The molecule has 8 heteroatoms. The molecule has 0 atom stereocenters. The molecule has 1 amide bonds. The van der Waals surface area contributed by atoms with Crippen molar-refractivity contribution in [2.75, 3.05) is 31.1 Å². The predicted octanol–water partition coefficient (Wildman–Crippen LogP) is 2.38. The normalized spacial score (nSPS) is 14.0. The number of piperidine rings is 1. The Morgan fingerprint density at radius 1 is 1.14 bits per heavy atom. The van der Waals surface area contributed by atoms with E-state index in [0.29, 0.717) is 16.8 Å². The third-order valence-electron chi connectivity index (χ3n) is 4.83. The molecule has 0 aliphatic carbocycles. The number of para-hydroxylation sites is 1. The van der Waals surface area contributed by atoms with Crippen molar-refractivity contribution in [3.63, 3.8) is 0 Å². The second-order valence-electron chi connectivity index (χ2n) is 6.85. The first kappa shape index (κ1) is 18.9. The van der Waals surface area contributed by atoms with E-state index in [1.165, 1.54) is 18.8 Å². The molecule has 29 heavy (non-hydrogen) atoms. The quantitative estimate of drug-likeness (QED) is 0.506. The van der Waals surface area contributed by atoms with E-state index in [1.54, 1.807) is 18.2 Å². The summed E-state index contributed by atoms with van der Waals surface area (Å²) < 4.78 is 10.8. The third kappa shape index (κ3) is 4.53. The lowest BCUT2D eigenvalue weighted by Crippen LogP contribution is -2.32. The fourth-order valence-corrected chi connectivity index (χ4v) is 3.34. The number of fused-ring (bicyclic) bond motifs is 1. The van der Waals surface area contributed by atoms with Gasteiger partial charge < -0.3 is 19.4 Å². The first-order valence-electron chi connectivity index (χ1n) is 9.71. The molecule has 0 bridgehead atoms. The molecule has 0 spiro atoms. The van der Waals surface area contributed by atoms with E-state index >= 15 is 0 Å². The number of aromatic nitrogens is 2. The molecule has 1 saturated heterocycles. The highest BCUT2D eigenvalue weighted by atomic mass is 16.5. The summed E-state index contributed by atoms with van der Waals surface area (Å²) in [5, 5.41) is 3.37. The number of nitrogens with one attached hydrogen (secondary N) is 1. The molecule has 0 radical (unpaired) electrons. The Morgan fingerprint density at radius 3 is 2.83 bits per heavy atom.